The summed E-state index contributed by atoms with van der Waals surface area (Å²) in [6.45, 7) is 0. The fraction of sp³-hybridized carbons (Fsp3) is 0. The predicted molar refractivity (Wildman–Crippen MR) is 52.1 cm³/mol. The van der Waals surface area contributed by atoms with Crippen LogP contribution >= 0.6 is 15.9 Å². The Labute approximate surface area is 84.7 Å². The van der Waals surface area contributed by atoms with Crippen molar-refractivity contribution in [3.63, 3.8) is 0 Å². The van der Waals surface area contributed by atoms with E-state index in [4.69, 9.17) is 0 Å². The van der Waals surface area contributed by atoms with E-state index < -0.39 is 0 Å². The van der Waals surface area contributed by atoms with E-state index in [1.54, 1.807) is 0 Å². The van der Waals surface area contributed by atoms with E-state index in [1.165, 1.54) is 0 Å². The van der Waals surface area contributed by atoms with Crippen molar-refractivity contribution >= 4 is 30.7 Å². The van der Waals surface area contributed by atoms with Crippen molar-refractivity contribution in [2.75, 3.05) is 0 Å². The molecule has 0 N–H and O–H groups in total. The van der Waals surface area contributed by atoms with Gasteiger partial charge in [0.05, 0.1) is 0 Å². The van der Waals surface area contributed by atoms with E-state index in [2.05, 4.69) is 30.1 Å². The summed E-state index contributed by atoms with van der Waals surface area (Å²) in [4.78, 5) is 2.08. The zero-order chi connectivity index (χ0) is 8.39. The molecule has 0 saturated heterocycles. The monoisotopic (exact) mass is 288 g/mol. The zero-order valence-electron chi connectivity index (χ0n) is 6.07. The molecule has 0 bridgehead atoms. The molecule has 0 radical (unpaired) electrons. The fourth-order valence-electron chi connectivity index (χ4n) is 0.951. The van der Waals surface area contributed by atoms with Crippen LogP contribution < -0.4 is 0 Å². The molecule has 1 aromatic heterocycles. The van der Waals surface area contributed by atoms with Crippen molar-refractivity contribution in [1.29, 1.82) is 0 Å². The molecule has 2 rings (SSSR count). The minimum absolute atomic E-state index is 0.213. The molecular formula is C8H5BrN2Se. The first kappa shape index (κ1) is 8.17. The Morgan fingerprint density at radius 1 is 1.25 bits per heavy atom. The van der Waals surface area contributed by atoms with Gasteiger partial charge in [0.1, 0.15) is 0 Å². The average molecular weight is 288 g/mol. The summed E-state index contributed by atoms with van der Waals surface area (Å²) in [5.41, 5.74) is 2.11. The van der Waals surface area contributed by atoms with Crippen LogP contribution in [-0.4, -0.2) is 23.9 Å². The fourth-order valence-corrected chi connectivity index (χ4v) is 2.40. The van der Waals surface area contributed by atoms with Gasteiger partial charge < -0.3 is 0 Å². The molecule has 0 atom stereocenters. The van der Waals surface area contributed by atoms with Gasteiger partial charge in [0.15, 0.2) is 0 Å². The first-order valence-electron chi connectivity index (χ1n) is 3.40. The third kappa shape index (κ3) is 1.51. The van der Waals surface area contributed by atoms with Crippen LogP contribution in [0.4, 0.5) is 0 Å². The van der Waals surface area contributed by atoms with Crippen LogP contribution in [0.25, 0.3) is 11.3 Å². The molecule has 12 heavy (non-hydrogen) atoms. The van der Waals surface area contributed by atoms with Gasteiger partial charge in [-0.15, -0.1) is 0 Å². The van der Waals surface area contributed by atoms with Crippen molar-refractivity contribution in [3.05, 3.63) is 33.7 Å². The van der Waals surface area contributed by atoms with Gasteiger partial charge in [-0.3, -0.25) is 0 Å². The summed E-state index contributed by atoms with van der Waals surface area (Å²) in [6.07, 6.45) is 0. The Balaban J connectivity index is 2.55. The van der Waals surface area contributed by atoms with Gasteiger partial charge in [-0.2, -0.15) is 0 Å². The Hall–Kier alpha value is -0.441. The molecule has 1 aromatic carbocycles. The number of aromatic nitrogens is 2. The molecule has 2 aromatic rings. The summed E-state index contributed by atoms with van der Waals surface area (Å²) >= 11 is 3.68. The van der Waals surface area contributed by atoms with E-state index in [-0.39, 0.29) is 14.7 Å². The van der Waals surface area contributed by atoms with Crippen molar-refractivity contribution in [3.8, 4) is 11.3 Å². The van der Waals surface area contributed by atoms with Gasteiger partial charge in [-0.05, 0) is 0 Å². The second kappa shape index (κ2) is 3.52. The minimum atomic E-state index is 0.213. The third-order valence-corrected chi connectivity index (χ3v) is 3.26. The predicted octanol–water partition coefficient (Wildman–Crippen LogP) is 1.96. The summed E-state index contributed by atoms with van der Waals surface area (Å²) < 4.78 is 5.03. The van der Waals surface area contributed by atoms with E-state index in [1.807, 2.05) is 24.3 Å². The summed E-state index contributed by atoms with van der Waals surface area (Å²) in [6, 6.07) is 8.04. The molecule has 0 aliphatic rings. The quantitative estimate of drug-likeness (QED) is 0.750. The maximum atomic E-state index is 4.05. The molecule has 0 spiro atoms. The van der Waals surface area contributed by atoms with E-state index in [0.717, 1.165) is 15.7 Å². The van der Waals surface area contributed by atoms with Crippen molar-refractivity contribution < 1.29 is 0 Å². The second-order valence-electron chi connectivity index (χ2n) is 2.27. The first-order valence-corrected chi connectivity index (χ1v) is 5.95. The number of halogens is 1. The van der Waals surface area contributed by atoms with Gasteiger partial charge in [0.2, 0.25) is 0 Å². The van der Waals surface area contributed by atoms with Crippen molar-refractivity contribution in [2.45, 2.75) is 0 Å². The van der Waals surface area contributed by atoms with Crippen molar-refractivity contribution in [2.24, 2.45) is 0 Å². The molecular weight excluding hydrogens is 283 g/mol. The maximum absolute atomic E-state index is 4.05. The average Bonchev–Trinajstić information content (AvgIpc) is 2.57. The molecule has 0 amide bonds. The molecule has 0 aliphatic carbocycles. The molecule has 0 fully saturated rings. The van der Waals surface area contributed by atoms with E-state index in [0.29, 0.717) is 0 Å². The number of nitrogens with zero attached hydrogens (tertiary/aromatic N) is 2. The Morgan fingerprint density at radius 3 is 2.75 bits per heavy atom. The number of hydrogen-bond acceptors (Lipinski definition) is 2. The van der Waals surface area contributed by atoms with Crippen LogP contribution in [-0.2, 0) is 0 Å². The van der Waals surface area contributed by atoms with Crippen molar-refractivity contribution in [1.82, 2.24) is 9.19 Å². The Kier molecular flexibility index (Phi) is 2.40. The topological polar surface area (TPSA) is 25.8 Å². The molecule has 0 saturated carbocycles. The Morgan fingerprint density at radius 2 is 2.08 bits per heavy atom. The van der Waals surface area contributed by atoms with Crippen LogP contribution in [0.5, 0.6) is 0 Å². The summed E-state index contributed by atoms with van der Waals surface area (Å²) in [5.74, 6) is 0. The normalized spacial score (nSPS) is 10.1. The molecule has 1 heterocycles. The first-order chi connectivity index (χ1) is 5.88. The van der Waals surface area contributed by atoms with Crippen LogP contribution in [0.15, 0.2) is 33.7 Å². The van der Waals surface area contributed by atoms with Crippen LogP contribution in [0.3, 0.4) is 0 Å². The number of hydrogen-bond donors (Lipinski definition) is 0. The second-order valence-corrected chi connectivity index (χ2v) is 4.40. The van der Waals surface area contributed by atoms with E-state index >= 15 is 0 Å². The summed E-state index contributed by atoms with van der Waals surface area (Å²) in [7, 11) is 0. The zero-order valence-corrected chi connectivity index (χ0v) is 9.37. The SMILES string of the molecule is Brc1ccccc1-c1c[se]nn1. The molecule has 2 nitrogen and oxygen atoms in total. The number of benzene rings is 1. The van der Waals surface area contributed by atoms with Crippen LogP contribution in [0.2, 0.25) is 0 Å². The van der Waals surface area contributed by atoms with Crippen LogP contribution in [0.1, 0.15) is 0 Å². The van der Waals surface area contributed by atoms with E-state index in [9.17, 15) is 0 Å². The van der Waals surface area contributed by atoms with Gasteiger partial charge >= 0.3 is 84.8 Å². The number of rotatable bonds is 1. The standard InChI is InChI=1S/C8H5BrN2Se/c9-7-4-2-1-3-6(7)8-5-12-11-10-8/h1-5H. The molecule has 0 unspecified atom stereocenters. The molecule has 4 heteroatoms. The van der Waals surface area contributed by atoms with Gasteiger partial charge in [0.25, 0.3) is 0 Å². The summed E-state index contributed by atoms with van der Waals surface area (Å²) in [5, 5.41) is 4.05. The van der Waals surface area contributed by atoms with Crippen LogP contribution in [0, 0.1) is 0 Å². The van der Waals surface area contributed by atoms with Gasteiger partial charge in [-0.1, -0.05) is 0 Å². The molecule has 0 aliphatic heterocycles. The third-order valence-electron chi connectivity index (χ3n) is 1.51. The van der Waals surface area contributed by atoms with Gasteiger partial charge in [-0.25, -0.2) is 0 Å². The Bertz CT molecular complexity index is 372. The van der Waals surface area contributed by atoms with Gasteiger partial charge in [0, 0.05) is 0 Å². The molecule has 60 valence electrons.